The van der Waals surface area contributed by atoms with Crippen molar-refractivity contribution >= 4 is 51.9 Å². The van der Waals surface area contributed by atoms with Gasteiger partial charge < -0.3 is 9.88 Å². The minimum atomic E-state index is -0.728. The number of benzene rings is 2. The van der Waals surface area contributed by atoms with E-state index in [9.17, 15) is 18.8 Å². The number of nitrogens with one attached hydrogen (secondary N) is 1. The molecule has 2 aromatic heterocycles. The Morgan fingerprint density at radius 2 is 1.92 bits per heavy atom. The van der Waals surface area contributed by atoms with Crippen molar-refractivity contribution in [1.82, 2.24) is 14.8 Å². The van der Waals surface area contributed by atoms with Crippen LogP contribution in [-0.2, 0) is 23.3 Å². The Labute approximate surface area is 232 Å². The zero-order chi connectivity index (χ0) is 27.3. The molecule has 0 radical (unpaired) electrons. The minimum Gasteiger partial charge on any atom is -0.340 e. The Kier molecular flexibility index (Phi) is 6.31. The van der Waals surface area contributed by atoms with Gasteiger partial charge in [0.05, 0.1) is 10.6 Å². The van der Waals surface area contributed by atoms with Crippen LogP contribution < -0.4 is 10.2 Å². The smallest absolute Gasteiger partial charge is 0.300 e. The number of rotatable bonds is 7. The summed E-state index contributed by atoms with van der Waals surface area (Å²) in [5, 5.41) is 11.5. The molecule has 2 aromatic carbocycles. The van der Waals surface area contributed by atoms with E-state index in [0.717, 1.165) is 6.42 Å². The molecule has 0 bridgehead atoms. The van der Waals surface area contributed by atoms with Crippen LogP contribution >= 0.6 is 22.9 Å². The molecule has 0 atom stereocenters. The van der Waals surface area contributed by atoms with Crippen molar-refractivity contribution in [2.75, 3.05) is 10.2 Å². The average molecular weight is 564 g/mol. The maximum atomic E-state index is 14.1. The number of nitrogens with zero attached hydrogens (tertiary/aromatic N) is 4. The molecular weight excluding hydrogens is 541 g/mol. The van der Waals surface area contributed by atoms with E-state index in [2.05, 4.69) is 15.5 Å². The highest BCUT2D eigenvalue weighted by atomic mass is 35.5. The van der Waals surface area contributed by atoms with Crippen molar-refractivity contribution in [3.63, 3.8) is 0 Å². The third kappa shape index (κ3) is 4.24. The number of hydrogen-bond donors (Lipinski definition) is 1. The van der Waals surface area contributed by atoms with Gasteiger partial charge in [-0.3, -0.25) is 19.3 Å². The molecule has 8 nitrogen and oxygen atoms in total. The molecular formula is C28H23ClFN5O3S. The number of para-hydroxylation sites is 1. The van der Waals surface area contributed by atoms with Crippen molar-refractivity contribution < 1.29 is 18.8 Å². The molecule has 6 rings (SSSR count). The van der Waals surface area contributed by atoms with E-state index in [1.165, 1.54) is 29.5 Å². The lowest BCUT2D eigenvalue weighted by Gasteiger charge is -2.30. The van der Waals surface area contributed by atoms with Crippen molar-refractivity contribution in [2.24, 2.45) is 0 Å². The standard InChI is InChI=1S/C28H23ClFN5O3S/c1-16-22(21-8-5-13-34(21)23(16)25(37)32-17-9-10-20(30)19(29)14-17)24(36)26(38)35(18-6-3-2-4-7-18)28(11-12-28)27-33-31-15-39-27/h2-4,6-7,9-10,14-15H,5,8,11-13H2,1H3,(H,32,37). The van der Waals surface area contributed by atoms with Gasteiger partial charge in [-0.05, 0) is 68.5 Å². The SMILES string of the molecule is Cc1c(C(=O)C(=O)N(c2ccccc2)C2(c3nncs3)CC2)c2n(c1C(=O)Nc1ccc(F)c(Cl)c1)CCC2. The molecule has 1 N–H and O–H groups in total. The Morgan fingerprint density at radius 3 is 2.59 bits per heavy atom. The summed E-state index contributed by atoms with van der Waals surface area (Å²) in [6, 6.07) is 13.0. The maximum absolute atomic E-state index is 14.1. The van der Waals surface area contributed by atoms with E-state index in [1.807, 2.05) is 18.2 Å². The number of fused-ring (bicyclic) bond motifs is 1. The fourth-order valence-electron chi connectivity index (χ4n) is 5.45. The summed E-state index contributed by atoms with van der Waals surface area (Å²) in [5.74, 6) is -2.39. The third-order valence-corrected chi connectivity index (χ3v) is 8.53. The largest absolute Gasteiger partial charge is 0.340 e. The van der Waals surface area contributed by atoms with Crippen LogP contribution in [-0.4, -0.2) is 32.4 Å². The van der Waals surface area contributed by atoms with Gasteiger partial charge in [0.1, 0.15) is 27.6 Å². The number of ketones is 1. The summed E-state index contributed by atoms with van der Waals surface area (Å²) in [7, 11) is 0. The molecule has 39 heavy (non-hydrogen) atoms. The molecule has 0 spiro atoms. The number of aromatic nitrogens is 3. The Morgan fingerprint density at radius 1 is 1.15 bits per heavy atom. The molecule has 2 amide bonds. The maximum Gasteiger partial charge on any atom is 0.300 e. The Bertz CT molecular complexity index is 1620. The van der Waals surface area contributed by atoms with Crippen LogP contribution in [0.5, 0.6) is 0 Å². The summed E-state index contributed by atoms with van der Waals surface area (Å²) in [5.41, 5.74) is 3.48. The van der Waals surface area contributed by atoms with Crippen LogP contribution in [0.1, 0.15) is 56.4 Å². The van der Waals surface area contributed by atoms with Crippen molar-refractivity contribution in [2.45, 2.75) is 44.7 Å². The fraction of sp³-hybridized carbons (Fsp3) is 0.250. The molecule has 1 aliphatic carbocycles. The van der Waals surface area contributed by atoms with Gasteiger partial charge in [-0.2, -0.15) is 0 Å². The van der Waals surface area contributed by atoms with Crippen molar-refractivity contribution in [3.8, 4) is 0 Å². The highest BCUT2D eigenvalue weighted by molar-refractivity contribution is 7.09. The lowest BCUT2D eigenvalue weighted by atomic mass is 10.0. The summed E-state index contributed by atoms with van der Waals surface area (Å²) in [4.78, 5) is 43.1. The molecule has 1 fully saturated rings. The molecule has 11 heteroatoms. The quantitative estimate of drug-likeness (QED) is 0.235. The second-order valence-corrected chi connectivity index (χ2v) is 11.0. The van der Waals surface area contributed by atoms with Gasteiger partial charge in [-0.25, -0.2) is 4.39 Å². The van der Waals surface area contributed by atoms with Crippen molar-refractivity contribution in [3.05, 3.63) is 92.4 Å². The van der Waals surface area contributed by atoms with Crippen LogP contribution in [0, 0.1) is 12.7 Å². The molecule has 1 saturated carbocycles. The Balaban J connectivity index is 1.38. The number of anilines is 2. The number of Topliss-reactive ketones (excluding diaryl/α,β-unsaturated/α-hetero) is 1. The zero-order valence-corrected chi connectivity index (χ0v) is 22.5. The van der Waals surface area contributed by atoms with Gasteiger partial charge in [0, 0.05) is 23.6 Å². The van der Waals surface area contributed by atoms with Gasteiger partial charge in [-0.15, -0.1) is 21.5 Å². The van der Waals surface area contributed by atoms with E-state index in [0.29, 0.717) is 59.1 Å². The summed E-state index contributed by atoms with van der Waals surface area (Å²) in [6.07, 6.45) is 2.63. The third-order valence-electron chi connectivity index (χ3n) is 7.35. The number of carbonyl (C=O) groups excluding carboxylic acids is 3. The molecule has 3 heterocycles. The van der Waals surface area contributed by atoms with Crippen LogP contribution in [0.4, 0.5) is 15.8 Å². The van der Waals surface area contributed by atoms with Gasteiger partial charge in [0.2, 0.25) is 0 Å². The first-order chi connectivity index (χ1) is 18.8. The first-order valence-electron chi connectivity index (χ1n) is 12.5. The summed E-state index contributed by atoms with van der Waals surface area (Å²) >= 11 is 7.24. The van der Waals surface area contributed by atoms with Crippen LogP contribution in [0.25, 0.3) is 0 Å². The molecule has 0 unspecified atom stereocenters. The first-order valence-corrected chi connectivity index (χ1v) is 13.8. The van der Waals surface area contributed by atoms with Gasteiger partial charge in [0.15, 0.2) is 0 Å². The van der Waals surface area contributed by atoms with Gasteiger partial charge in [-0.1, -0.05) is 29.8 Å². The van der Waals surface area contributed by atoms with Gasteiger partial charge >= 0.3 is 0 Å². The molecule has 2 aliphatic rings. The fourth-order valence-corrected chi connectivity index (χ4v) is 6.43. The normalized spacial score (nSPS) is 15.1. The van der Waals surface area contributed by atoms with Crippen LogP contribution in [0.15, 0.2) is 54.0 Å². The highest BCUT2D eigenvalue weighted by Gasteiger charge is 2.56. The van der Waals surface area contributed by atoms with E-state index >= 15 is 0 Å². The number of hydrogen-bond acceptors (Lipinski definition) is 6. The zero-order valence-electron chi connectivity index (χ0n) is 20.9. The molecule has 1 aliphatic heterocycles. The molecule has 198 valence electrons. The summed E-state index contributed by atoms with van der Waals surface area (Å²) < 4.78 is 15.4. The van der Waals surface area contributed by atoms with E-state index in [-0.39, 0.29) is 10.6 Å². The lowest BCUT2D eigenvalue weighted by Crippen LogP contribution is -2.45. The number of carbonyl (C=O) groups is 3. The van der Waals surface area contributed by atoms with Crippen LogP contribution in [0.2, 0.25) is 5.02 Å². The predicted octanol–water partition coefficient (Wildman–Crippen LogP) is 5.54. The highest BCUT2D eigenvalue weighted by Crippen LogP contribution is 2.53. The second-order valence-electron chi connectivity index (χ2n) is 9.71. The first kappa shape index (κ1) is 25.4. The Hall–Kier alpha value is -3.89. The average Bonchev–Trinajstić information content (AvgIpc) is 3.25. The lowest BCUT2D eigenvalue weighted by molar-refractivity contribution is -0.115. The van der Waals surface area contributed by atoms with E-state index in [4.69, 9.17) is 11.6 Å². The molecule has 4 aromatic rings. The predicted molar refractivity (Wildman–Crippen MR) is 146 cm³/mol. The van der Waals surface area contributed by atoms with E-state index < -0.39 is 29.0 Å². The van der Waals surface area contributed by atoms with Crippen LogP contribution in [0.3, 0.4) is 0 Å². The number of amides is 2. The van der Waals surface area contributed by atoms with Crippen molar-refractivity contribution in [1.29, 1.82) is 0 Å². The molecule has 0 saturated heterocycles. The van der Waals surface area contributed by atoms with E-state index in [1.54, 1.807) is 34.0 Å². The monoisotopic (exact) mass is 563 g/mol. The second kappa shape index (κ2) is 9.69. The topological polar surface area (TPSA) is 97.2 Å². The number of halogens is 2. The minimum absolute atomic E-state index is 0.114. The summed E-state index contributed by atoms with van der Waals surface area (Å²) in [6.45, 7) is 2.23. The van der Waals surface area contributed by atoms with Gasteiger partial charge in [0.25, 0.3) is 17.6 Å².